The zero-order valence-corrected chi connectivity index (χ0v) is 18.6. The van der Waals surface area contributed by atoms with Gasteiger partial charge in [0, 0.05) is 12.1 Å². The summed E-state index contributed by atoms with van der Waals surface area (Å²) in [4.78, 5) is 23.2. The summed E-state index contributed by atoms with van der Waals surface area (Å²) in [6.07, 6.45) is 10.4. The number of methoxy groups -OCH3 is 1. The van der Waals surface area contributed by atoms with Gasteiger partial charge in [0.2, 0.25) is 5.95 Å². The van der Waals surface area contributed by atoms with Gasteiger partial charge in [0.25, 0.3) is 0 Å². The molecule has 1 unspecified atom stereocenters. The normalized spacial score (nSPS) is 20.7. The number of benzene rings is 2. The van der Waals surface area contributed by atoms with Crippen LogP contribution >= 0.6 is 0 Å². The molecule has 1 saturated heterocycles. The molecular weight excluding hydrogens is 416 g/mol. The number of aromatic nitrogens is 2. The topological polar surface area (TPSA) is 76.6 Å². The van der Waals surface area contributed by atoms with E-state index in [1.165, 1.54) is 0 Å². The lowest BCUT2D eigenvalue weighted by molar-refractivity contribution is 0.177. The van der Waals surface area contributed by atoms with Gasteiger partial charge in [-0.2, -0.15) is 4.98 Å². The van der Waals surface area contributed by atoms with Gasteiger partial charge < -0.3 is 14.8 Å². The molecule has 7 nitrogen and oxygen atoms in total. The van der Waals surface area contributed by atoms with Crippen LogP contribution in [0.25, 0.3) is 10.8 Å². The Hall–Kier alpha value is -3.87. The van der Waals surface area contributed by atoms with Crippen LogP contribution < -0.4 is 15.0 Å². The number of ether oxygens (including phenoxy) is 2. The molecule has 5 rings (SSSR count). The summed E-state index contributed by atoms with van der Waals surface area (Å²) in [6.45, 7) is 2.42. The van der Waals surface area contributed by atoms with E-state index < -0.39 is 0 Å². The Kier molecular flexibility index (Phi) is 5.69. The monoisotopic (exact) mass is 442 g/mol. The number of carbonyl (C=O) groups is 1. The number of nitrogens with zero attached hydrogens (tertiary/aromatic N) is 3. The fraction of sp³-hybridized carbons (Fsp3) is 0.269. The molecule has 1 aromatic heterocycles. The van der Waals surface area contributed by atoms with Crippen molar-refractivity contribution >= 4 is 28.6 Å². The molecule has 2 aliphatic rings. The van der Waals surface area contributed by atoms with Crippen LogP contribution in [0.3, 0.4) is 0 Å². The fourth-order valence-corrected chi connectivity index (χ4v) is 4.37. The second-order valence-corrected chi connectivity index (χ2v) is 8.30. The number of anilines is 2. The summed E-state index contributed by atoms with van der Waals surface area (Å²) >= 11 is 0. The van der Waals surface area contributed by atoms with Crippen molar-refractivity contribution in [3.63, 3.8) is 0 Å². The van der Waals surface area contributed by atoms with Crippen LogP contribution in [0.1, 0.15) is 24.9 Å². The Morgan fingerprint density at radius 3 is 2.82 bits per heavy atom. The number of allylic oxidation sites excluding steroid dienone is 3. The van der Waals surface area contributed by atoms with Crippen molar-refractivity contribution in [2.24, 2.45) is 5.92 Å². The van der Waals surface area contributed by atoms with E-state index >= 15 is 0 Å². The molecule has 1 N–H and O–H groups in total. The molecule has 3 atom stereocenters. The van der Waals surface area contributed by atoms with Gasteiger partial charge >= 0.3 is 6.09 Å². The molecule has 7 heteroatoms. The minimum absolute atomic E-state index is 0.0282. The number of hydrogen-bond donors (Lipinski definition) is 1. The first kappa shape index (κ1) is 21.0. The number of carbonyl (C=O) groups excluding carboxylic acids is 1. The molecule has 0 radical (unpaired) electrons. The van der Waals surface area contributed by atoms with E-state index in [2.05, 4.69) is 58.6 Å². The maximum Gasteiger partial charge on any atom is 0.415 e. The van der Waals surface area contributed by atoms with E-state index in [4.69, 9.17) is 9.47 Å². The lowest BCUT2D eigenvalue weighted by Crippen LogP contribution is -2.39. The van der Waals surface area contributed by atoms with Crippen LogP contribution in [0.2, 0.25) is 0 Å². The van der Waals surface area contributed by atoms with Crippen molar-refractivity contribution in [2.45, 2.75) is 25.4 Å². The molecule has 33 heavy (non-hydrogen) atoms. The predicted octanol–water partition coefficient (Wildman–Crippen LogP) is 5.27. The van der Waals surface area contributed by atoms with E-state index in [0.29, 0.717) is 18.4 Å². The first-order valence-corrected chi connectivity index (χ1v) is 11.1. The van der Waals surface area contributed by atoms with Gasteiger partial charge in [-0.3, -0.25) is 4.90 Å². The van der Waals surface area contributed by atoms with E-state index in [9.17, 15) is 4.79 Å². The molecule has 1 aliphatic heterocycles. The molecule has 1 aliphatic carbocycles. The van der Waals surface area contributed by atoms with Crippen LogP contribution in [0.15, 0.2) is 73.0 Å². The number of amides is 1. The van der Waals surface area contributed by atoms with Gasteiger partial charge in [0.05, 0.1) is 19.2 Å². The standard InChI is InChI=1S/C26H26N4O3/c1-17(19-8-9-21-15-22(32-2)11-10-20(21)14-19)28-25-27-13-12-24(29-25)30-23(16-33-26(30)31)18-6-4-3-5-7-18/h3-6,8-15,17-18,23H,7,16H2,1-2H3,(H,27,28,29)/t17-,18?,23-/m0/s1. The first-order chi connectivity index (χ1) is 16.1. The van der Waals surface area contributed by atoms with Gasteiger partial charge in [0.15, 0.2) is 0 Å². The summed E-state index contributed by atoms with van der Waals surface area (Å²) in [5.41, 5.74) is 1.11. The van der Waals surface area contributed by atoms with Crippen molar-refractivity contribution in [1.29, 1.82) is 0 Å². The Balaban J connectivity index is 1.35. The van der Waals surface area contributed by atoms with Crippen LogP contribution in [0, 0.1) is 5.92 Å². The minimum atomic E-state index is -0.370. The van der Waals surface area contributed by atoms with Gasteiger partial charge in [0.1, 0.15) is 18.2 Å². The van der Waals surface area contributed by atoms with Crippen molar-refractivity contribution in [3.8, 4) is 5.75 Å². The van der Waals surface area contributed by atoms with Crippen molar-refractivity contribution in [3.05, 3.63) is 78.5 Å². The minimum Gasteiger partial charge on any atom is -0.497 e. The number of nitrogens with one attached hydrogen (secondary N) is 1. The van der Waals surface area contributed by atoms with Crippen molar-refractivity contribution in [1.82, 2.24) is 9.97 Å². The molecule has 168 valence electrons. The summed E-state index contributed by atoms with van der Waals surface area (Å²) in [7, 11) is 1.67. The van der Waals surface area contributed by atoms with E-state index in [1.807, 2.05) is 24.3 Å². The van der Waals surface area contributed by atoms with Crippen LogP contribution in [-0.4, -0.2) is 35.8 Å². The molecule has 0 spiro atoms. The Morgan fingerprint density at radius 2 is 2.00 bits per heavy atom. The Morgan fingerprint density at radius 1 is 1.15 bits per heavy atom. The van der Waals surface area contributed by atoms with Gasteiger partial charge in [-0.1, -0.05) is 42.5 Å². The molecule has 3 aromatic rings. The Bertz CT molecular complexity index is 1240. The second kappa shape index (κ2) is 8.94. The largest absolute Gasteiger partial charge is 0.497 e. The highest BCUT2D eigenvalue weighted by Crippen LogP contribution is 2.31. The molecular formula is C26H26N4O3. The summed E-state index contributed by atoms with van der Waals surface area (Å²) in [6, 6.07) is 14.0. The molecule has 2 heterocycles. The van der Waals surface area contributed by atoms with E-state index in [0.717, 1.165) is 28.5 Å². The Labute approximate surface area is 192 Å². The first-order valence-electron chi connectivity index (χ1n) is 11.1. The third kappa shape index (κ3) is 4.26. The summed E-state index contributed by atoms with van der Waals surface area (Å²) < 4.78 is 10.7. The summed E-state index contributed by atoms with van der Waals surface area (Å²) in [5, 5.41) is 5.62. The second-order valence-electron chi connectivity index (χ2n) is 8.30. The highest BCUT2D eigenvalue weighted by Gasteiger charge is 2.39. The number of fused-ring (bicyclic) bond motifs is 1. The number of hydrogen-bond acceptors (Lipinski definition) is 6. The van der Waals surface area contributed by atoms with Gasteiger partial charge in [-0.25, -0.2) is 9.78 Å². The average molecular weight is 443 g/mol. The van der Waals surface area contributed by atoms with Crippen molar-refractivity contribution in [2.75, 3.05) is 23.9 Å². The third-order valence-electron chi connectivity index (χ3n) is 6.22. The van der Waals surface area contributed by atoms with Gasteiger partial charge in [-0.05, 0) is 53.9 Å². The van der Waals surface area contributed by atoms with Gasteiger partial charge in [-0.15, -0.1) is 0 Å². The van der Waals surface area contributed by atoms with Crippen LogP contribution in [-0.2, 0) is 4.74 Å². The SMILES string of the molecule is COc1ccc2cc([C@H](C)Nc3nccc(N4C(=O)OC[C@H]4C4C=CC=CC4)n3)ccc2c1. The fourth-order valence-electron chi connectivity index (χ4n) is 4.37. The molecule has 0 saturated carbocycles. The molecule has 1 fully saturated rings. The average Bonchev–Trinajstić information content (AvgIpc) is 3.25. The van der Waals surface area contributed by atoms with Crippen molar-refractivity contribution < 1.29 is 14.3 Å². The van der Waals surface area contributed by atoms with Crippen LogP contribution in [0.5, 0.6) is 5.75 Å². The lowest BCUT2D eigenvalue weighted by atomic mass is 9.92. The smallest absolute Gasteiger partial charge is 0.415 e. The van der Waals surface area contributed by atoms with E-state index in [1.54, 1.807) is 24.3 Å². The quantitative estimate of drug-likeness (QED) is 0.561. The third-order valence-corrected chi connectivity index (χ3v) is 6.22. The summed E-state index contributed by atoms with van der Waals surface area (Å²) in [5.74, 6) is 2.04. The molecule has 1 amide bonds. The maximum atomic E-state index is 12.5. The maximum absolute atomic E-state index is 12.5. The van der Waals surface area contributed by atoms with Crippen LogP contribution in [0.4, 0.5) is 16.6 Å². The predicted molar refractivity (Wildman–Crippen MR) is 129 cm³/mol. The highest BCUT2D eigenvalue weighted by atomic mass is 16.6. The molecule has 0 bridgehead atoms. The zero-order chi connectivity index (χ0) is 22.8. The zero-order valence-electron chi connectivity index (χ0n) is 18.6. The van der Waals surface area contributed by atoms with E-state index in [-0.39, 0.29) is 24.1 Å². The number of rotatable bonds is 6. The molecule has 2 aromatic carbocycles. The lowest BCUT2D eigenvalue weighted by Gasteiger charge is -2.27. The number of cyclic esters (lactones) is 1. The highest BCUT2D eigenvalue weighted by molar-refractivity contribution is 5.89.